The molecule has 0 heterocycles. The molecule has 0 radical (unpaired) electrons. The summed E-state index contributed by atoms with van der Waals surface area (Å²) in [6.07, 6.45) is 6.43. The first-order valence-electron chi connectivity index (χ1n) is 9.43. The molecule has 0 aliphatic carbocycles. The molecule has 0 aromatic heterocycles. The molecule has 0 unspecified atom stereocenters. The van der Waals surface area contributed by atoms with Crippen LogP contribution in [-0.4, -0.2) is 5.78 Å². The molecule has 1 nitrogen and oxygen atoms in total. The van der Waals surface area contributed by atoms with Gasteiger partial charge in [-0.05, 0) is 36.0 Å². The van der Waals surface area contributed by atoms with Gasteiger partial charge in [0.25, 0.3) is 0 Å². The van der Waals surface area contributed by atoms with Crippen LogP contribution in [0.25, 0.3) is 11.1 Å². The second-order valence-corrected chi connectivity index (χ2v) is 6.66. The fourth-order valence-electron chi connectivity index (χ4n) is 3.32. The first kappa shape index (κ1) is 18.4. The lowest BCUT2D eigenvalue weighted by atomic mass is 9.89. The Balaban J connectivity index is 2.13. The zero-order valence-electron chi connectivity index (χ0n) is 15.3. The highest BCUT2D eigenvalue weighted by molar-refractivity contribution is 5.98. The average molecular weight is 322 g/mol. The Morgan fingerprint density at radius 2 is 1.25 bits per heavy atom. The molecule has 2 aromatic rings. The Morgan fingerprint density at radius 3 is 1.71 bits per heavy atom. The van der Waals surface area contributed by atoms with E-state index in [0.29, 0.717) is 5.78 Å². The molecule has 2 aromatic carbocycles. The van der Waals surface area contributed by atoms with E-state index in [4.69, 9.17) is 0 Å². The number of hydrogen-bond acceptors (Lipinski definition) is 1. The second kappa shape index (κ2) is 9.42. The van der Waals surface area contributed by atoms with E-state index >= 15 is 0 Å². The Bertz CT molecular complexity index is 616. The molecule has 1 heteroatoms. The van der Waals surface area contributed by atoms with Gasteiger partial charge in [-0.15, -0.1) is 0 Å². The third-order valence-corrected chi connectivity index (χ3v) is 4.64. The van der Waals surface area contributed by atoms with Crippen molar-refractivity contribution in [1.82, 2.24) is 0 Å². The lowest BCUT2D eigenvalue weighted by Crippen LogP contribution is -2.14. The fourth-order valence-corrected chi connectivity index (χ4v) is 3.32. The predicted molar refractivity (Wildman–Crippen MR) is 104 cm³/mol. The summed E-state index contributed by atoms with van der Waals surface area (Å²) < 4.78 is 0. The van der Waals surface area contributed by atoms with Crippen LogP contribution in [0.5, 0.6) is 0 Å². The van der Waals surface area contributed by atoms with Crippen LogP contribution in [0.15, 0.2) is 48.5 Å². The molecule has 0 aliphatic rings. The summed E-state index contributed by atoms with van der Waals surface area (Å²) in [5.41, 5.74) is 4.63. The number of Topliss-reactive ketones (excluding diaryl/α,β-unsaturated/α-hetero) is 1. The monoisotopic (exact) mass is 322 g/mol. The van der Waals surface area contributed by atoms with Crippen LogP contribution < -0.4 is 0 Å². The molecule has 0 amide bonds. The minimum atomic E-state index is 0.180. The van der Waals surface area contributed by atoms with Crippen LogP contribution in [0.4, 0.5) is 0 Å². The zero-order chi connectivity index (χ0) is 17.4. The number of carbonyl (C=O) groups is 1. The lowest BCUT2D eigenvalue weighted by Gasteiger charge is -2.14. The van der Waals surface area contributed by atoms with E-state index in [9.17, 15) is 4.79 Å². The Morgan fingerprint density at radius 1 is 0.750 bits per heavy atom. The summed E-state index contributed by atoms with van der Waals surface area (Å²) in [5, 5.41) is 0. The molecule has 0 N–H and O–H groups in total. The zero-order valence-corrected chi connectivity index (χ0v) is 15.3. The van der Waals surface area contributed by atoms with Gasteiger partial charge in [-0.2, -0.15) is 0 Å². The first-order valence-corrected chi connectivity index (χ1v) is 9.43. The smallest absolute Gasteiger partial charge is 0.165 e. The van der Waals surface area contributed by atoms with Crippen LogP contribution in [-0.2, 0) is 6.42 Å². The molecule has 24 heavy (non-hydrogen) atoms. The van der Waals surface area contributed by atoms with Gasteiger partial charge in [-0.1, -0.05) is 88.6 Å². The Labute approximate surface area is 147 Å². The van der Waals surface area contributed by atoms with E-state index in [1.165, 1.54) is 23.1 Å². The molecule has 0 spiro atoms. The Hall–Kier alpha value is -1.89. The highest BCUT2D eigenvalue weighted by Crippen LogP contribution is 2.24. The van der Waals surface area contributed by atoms with Crippen LogP contribution in [0.2, 0.25) is 0 Å². The number of benzene rings is 2. The molecule has 0 fully saturated rings. The van der Waals surface area contributed by atoms with Gasteiger partial charge < -0.3 is 0 Å². The van der Waals surface area contributed by atoms with Gasteiger partial charge in [0.1, 0.15) is 0 Å². The highest BCUT2D eigenvalue weighted by Gasteiger charge is 2.18. The topological polar surface area (TPSA) is 17.1 Å². The van der Waals surface area contributed by atoms with Crippen molar-refractivity contribution in [1.29, 1.82) is 0 Å². The van der Waals surface area contributed by atoms with Gasteiger partial charge in [0.05, 0.1) is 0 Å². The summed E-state index contributed by atoms with van der Waals surface area (Å²) in [7, 11) is 0. The number of rotatable bonds is 9. The average Bonchev–Trinajstić information content (AvgIpc) is 2.62. The summed E-state index contributed by atoms with van der Waals surface area (Å²) in [6.45, 7) is 6.51. The molecule has 2 rings (SSSR count). The number of carbonyl (C=O) groups excluding carboxylic acids is 1. The second-order valence-electron chi connectivity index (χ2n) is 6.66. The minimum Gasteiger partial charge on any atom is -0.294 e. The minimum absolute atomic E-state index is 0.180. The summed E-state index contributed by atoms with van der Waals surface area (Å²) in [5.74, 6) is 0.489. The molecule has 0 saturated carbocycles. The molecule has 0 saturated heterocycles. The van der Waals surface area contributed by atoms with E-state index < -0.39 is 0 Å². The van der Waals surface area contributed by atoms with Crippen LogP contribution in [0.1, 0.15) is 68.8 Å². The quantitative estimate of drug-likeness (QED) is 0.469. The van der Waals surface area contributed by atoms with E-state index in [1.807, 2.05) is 12.1 Å². The van der Waals surface area contributed by atoms with Crippen molar-refractivity contribution < 1.29 is 4.79 Å². The maximum absolute atomic E-state index is 12.7. The third-order valence-electron chi connectivity index (χ3n) is 4.64. The Kier molecular flexibility index (Phi) is 7.24. The van der Waals surface area contributed by atoms with E-state index in [2.05, 4.69) is 57.2 Å². The van der Waals surface area contributed by atoms with E-state index in [1.54, 1.807) is 0 Å². The van der Waals surface area contributed by atoms with Crippen molar-refractivity contribution in [2.24, 2.45) is 5.92 Å². The van der Waals surface area contributed by atoms with Gasteiger partial charge in [0.15, 0.2) is 5.78 Å². The van der Waals surface area contributed by atoms with Crippen molar-refractivity contribution >= 4 is 5.78 Å². The first-order chi connectivity index (χ1) is 11.7. The maximum Gasteiger partial charge on any atom is 0.165 e. The number of ketones is 1. The van der Waals surface area contributed by atoms with E-state index in [0.717, 1.165) is 37.7 Å². The number of hydrogen-bond donors (Lipinski definition) is 0. The molecule has 0 atom stereocenters. The van der Waals surface area contributed by atoms with Gasteiger partial charge in [0.2, 0.25) is 0 Å². The molecular formula is C23H30O. The molecule has 128 valence electrons. The van der Waals surface area contributed by atoms with Gasteiger partial charge >= 0.3 is 0 Å². The van der Waals surface area contributed by atoms with Crippen molar-refractivity contribution in [3.05, 3.63) is 59.7 Å². The molecular weight excluding hydrogens is 292 g/mol. The summed E-state index contributed by atoms with van der Waals surface area (Å²) in [6, 6.07) is 16.9. The standard InChI is InChI=1S/C23H30O/c1-4-7-18-10-12-19(13-11-18)20-14-16-22(17-15-20)23(24)21(8-5-2)9-6-3/h10-17,21H,4-9H2,1-3H3. The number of aryl methyl sites for hydroxylation is 1. The summed E-state index contributed by atoms with van der Waals surface area (Å²) in [4.78, 5) is 12.7. The predicted octanol–water partition coefficient (Wildman–Crippen LogP) is 6.71. The molecule has 0 bridgehead atoms. The lowest BCUT2D eigenvalue weighted by molar-refractivity contribution is 0.0905. The van der Waals surface area contributed by atoms with Crippen molar-refractivity contribution in [2.75, 3.05) is 0 Å². The van der Waals surface area contributed by atoms with Crippen molar-refractivity contribution in [2.45, 2.75) is 59.3 Å². The fraction of sp³-hybridized carbons (Fsp3) is 0.435. The molecule has 0 aliphatic heterocycles. The third kappa shape index (κ3) is 4.80. The largest absolute Gasteiger partial charge is 0.294 e. The maximum atomic E-state index is 12.7. The van der Waals surface area contributed by atoms with Gasteiger partial charge in [0, 0.05) is 11.5 Å². The van der Waals surface area contributed by atoms with Gasteiger partial charge in [-0.3, -0.25) is 4.79 Å². The normalized spacial score (nSPS) is 11.0. The van der Waals surface area contributed by atoms with Crippen molar-refractivity contribution in [3.8, 4) is 11.1 Å². The van der Waals surface area contributed by atoms with Crippen molar-refractivity contribution in [3.63, 3.8) is 0 Å². The SMILES string of the molecule is CCCc1ccc(-c2ccc(C(=O)C(CCC)CCC)cc2)cc1. The van der Waals surface area contributed by atoms with Gasteiger partial charge in [-0.25, -0.2) is 0 Å². The van der Waals surface area contributed by atoms with Crippen LogP contribution >= 0.6 is 0 Å². The van der Waals surface area contributed by atoms with Crippen LogP contribution in [0.3, 0.4) is 0 Å². The van der Waals surface area contributed by atoms with E-state index in [-0.39, 0.29) is 5.92 Å². The van der Waals surface area contributed by atoms with Crippen LogP contribution in [0, 0.1) is 5.92 Å². The summed E-state index contributed by atoms with van der Waals surface area (Å²) >= 11 is 0. The highest BCUT2D eigenvalue weighted by atomic mass is 16.1.